The number of carbonyl (C=O) groups is 1. The van der Waals surface area contributed by atoms with Crippen LogP contribution in [0.4, 0.5) is 27.3 Å². The van der Waals surface area contributed by atoms with Gasteiger partial charge in [-0.1, -0.05) is 12.1 Å². The maximum atomic E-state index is 14.5. The molecule has 7 nitrogen and oxygen atoms in total. The average molecular weight is 462 g/mol. The first-order valence-corrected chi connectivity index (χ1v) is 11.5. The first-order chi connectivity index (χ1) is 16.4. The van der Waals surface area contributed by atoms with Gasteiger partial charge in [0.2, 0.25) is 0 Å². The Morgan fingerprint density at radius 1 is 1.26 bits per heavy atom. The fraction of sp³-hybridized carbons (Fsp3) is 0.308. The molecule has 3 aromatic rings. The van der Waals surface area contributed by atoms with E-state index in [0.29, 0.717) is 22.6 Å². The summed E-state index contributed by atoms with van der Waals surface area (Å²) in [6.07, 6.45) is 3.92. The van der Waals surface area contributed by atoms with E-state index < -0.39 is 5.82 Å². The number of fused-ring (bicyclic) bond motifs is 2. The molecule has 3 heterocycles. The lowest BCUT2D eigenvalue weighted by atomic mass is 10.00. The van der Waals surface area contributed by atoms with Gasteiger partial charge in [-0.15, -0.1) is 0 Å². The van der Waals surface area contributed by atoms with Crippen molar-refractivity contribution in [1.82, 2.24) is 9.88 Å². The molecular formula is C26H28FN5O2. The molecule has 176 valence electrons. The minimum atomic E-state index is -0.514. The van der Waals surface area contributed by atoms with Crippen molar-refractivity contribution in [2.45, 2.75) is 38.8 Å². The maximum Gasteiger partial charge on any atom is 0.173 e. The van der Waals surface area contributed by atoms with Crippen LogP contribution in [0.2, 0.25) is 0 Å². The molecule has 1 atom stereocenters. The van der Waals surface area contributed by atoms with E-state index >= 15 is 0 Å². The maximum absolute atomic E-state index is 14.5. The quantitative estimate of drug-likeness (QED) is 0.457. The molecule has 1 saturated heterocycles. The Morgan fingerprint density at radius 2 is 2.12 bits per heavy atom. The molecule has 0 saturated carbocycles. The molecular weight excluding hydrogens is 433 g/mol. The SMILES string of the molecule is Cc1cc(F)c(Nc2ccnc3c2C(=O)Cc2cc(CN4CCC[C@@H](N)C4)ccc2N3)cc1O. The molecule has 0 spiro atoms. The zero-order valence-corrected chi connectivity index (χ0v) is 19.1. The molecule has 5 rings (SSSR count). The molecule has 2 aliphatic rings. The highest BCUT2D eigenvalue weighted by molar-refractivity contribution is 6.09. The van der Waals surface area contributed by atoms with Gasteiger partial charge in [-0.3, -0.25) is 9.69 Å². The number of rotatable bonds is 4. The van der Waals surface area contributed by atoms with Crippen LogP contribution in [0.3, 0.4) is 0 Å². The number of hydrogen-bond donors (Lipinski definition) is 4. The van der Waals surface area contributed by atoms with E-state index in [1.807, 2.05) is 6.07 Å². The van der Waals surface area contributed by atoms with E-state index in [9.17, 15) is 14.3 Å². The summed E-state index contributed by atoms with van der Waals surface area (Å²) in [5.74, 6) is -0.241. The number of nitrogens with two attached hydrogens (primary N) is 1. The smallest absolute Gasteiger partial charge is 0.173 e. The lowest BCUT2D eigenvalue weighted by Crippen LogP contribution is -2.42. The molecule has 2 aromatic carbocycles. The molecule has 0 radical (unpaired) electrons. The Labute approximate surface area is 197 Å². The Kier molecular flexibility index (Phi) is 5.93. The van der Waals surface area contributed by atoms with Crippen LogP contribution in [-0.4, -0.2) is 39.9 Å². The monoisotopic (exact) mass is 461 g/mol. The summed E-state index contributed by atoms with van der Waals surface area (Å²) >= 11 is 0. The molecule has 34 heavy (non-hydrogen) atoms. The van der Waals surface area contributed by atoms with E-state index in [-0.39, 0.29) is 29.7 Å². The highest BCUT2D eigenvalue weighted by Gasteiger charge is 2.25. The number of ketones is 1. The van der Waals surface area contributed by atoms with E-state index in [0.717, 1.165) is 49.3 Å². The molecule has 0 bridgehead atoms. The van der Waals surface area contributed by atoms with Gasteiger partial charge < -0.3 is 21.5 Å². The number of nitrogens with zero attached hydrogens (tertiary/aromatic N) is 2. The summed E-state index contributed by atoms with van der Waals surface area (Å²) < 4.78 is 14.5. The van der Waals surface area contributed by atoms with Gasteiger partial charge in [0.1, 0.15) is 17.4 Å². The van der Waals surface area contributed by atoms with Crippen molar-refractivity contribution in [1.29, 1.82) is 0 Å². The van der Waals surface area contributed by atoms with Crippen LogP contribution in [0.15, 0.2) is 42.6 Å². The van der Waals surface area contributed by atoms with Crippen molar-refractivity contribution in [3.05, 3.63) is 70.7 Å². The molecule has 5 N–H and O–H groups in total. The third kappa shape index (κ3) is 4.47. The number of hydrogen-bond acceptors (Lipinski definition) is 7. The number of halogens is 1. The molecule has 2 aliphatic heterocycles. The second-order valence-corrected chi connectivity index (χ2v) is 9.18. The van der Waals surface area contributed by atoms with Crippen molar-refractivity contribution in [3.63, 3.8) is 0 Å². The Morgan fingerprint density at radius 3 is 2.94 bits per heavy atom. The Bertz CT molecular complexity index is 1260. The predicted octanol–water partition coefficient (Wildman–Crippen LogP) is 4.38. The number of carbonyl (C=O) groups excluding carboxylic acids is 1. The third-order valence-corrected chi connectivity index (χ3v) is 6.51. The predicted molar refractivity (Wildman–Crippen MR) is 131 cm³/mol. The number of aromatic nitrogens is 1. The van der Waals surface area contributed by atoms with Crippen LogP contribution in [0, 0.1) is 12.7 Å². The van der Waals surface area contributed by atoms with E-state index in [2.05, 4.69) is 32.7 Å². The third-order valence-electron chi connectivity index (χ3n) is 6.51. The molecule has 1 aromatic heterocycles. The zero-order valence-electron chi connectivity index (χ0n) is 19.1. The fourth-order valence-corrected chi connectivity index (χ4v) is 4.74. The molecule has 8 heteroatoms. The lowest BCUT2D eigenvalue weighted by molar-refractivity contribution is 0.0995. The number of pyridine rings is 1. The summed E-state index contributed by atoms with van der Waals surface area (Å²) in [5.41, 5.74) is 10.3. The second-order valence-electron chi connectivity index (χ2n) is 9.18. The van der Waals surface area contributed by atoms with Gasteiger partial charge >= 0.3 is 0 Å². The number of piperidine rings is 1. The number of anilines is 4. The fourth-order valence-electron chi connectivity index (χ4n) is 4.74. The van der Waals surface area contributed by atoms with Gasteiger partial charge in [-0.05, 0) is 61.2 Å². The normalized spacial score (nSPS) is 18.0. The number of nitrogens with one attached hydrogen (secondary N) is 2. The minimum absolute atomic E-state index is 0.0249. The first-order valence-electron chi connectivity index (χ1n) is 11.5. The number of aromatic hydroxyl groups is 1. The number of benzene rings is 2. The van der Waals surface area contributed by atoms with Gasteiger partial charge in [-0.25, -0.2) is 9.37 Å². The van der Waals surface area contributed by atoms with Crippen LogP contribution in [0.1, 0.15) is 39.9 Å². The largest absolute Gasteiger partial charge is 0.508 e. The number of likely N-dealkylation sites (tertiary alicyclic amines) is 1. The molecule has 1 fully saturated rings. The van der Waals surface area contributed by atoms with Crippen molar-refractivity contribution in [2.75, 3.05) is 23.7 Å². The first kappa shape index (κ1) is 22.3. The van der Waals surface area contributed by atoms with Gasteiger partial charge in [-0.2, -0.15) is 0 Å². The summed E-state index contributed by atoms with van der Waals surface area (Å²) in [6, 6.07) is 10.5. The summed E-state index contributed by atoms with van der Waals surface area (Å²) in [6.45, 7) is 4.32. The minimum Gasteiger partial charge on any atom is -0.508 e. The number of phenols is 1. The average Bonchev–Trinajstić information content (AvgIpc) is 2.93. The van der Waals surface area contributed by atoms with Crippen LogP contribution in [0.25, 0.3) is 0 Å². The van der Waals surface area contributed by atoms with Crippen molar-refractivity contribution in [3.8, 4) is 5.75 Å². The number of phenolic OH excluding ortho intramolecular Hbond substituents is 1. The molecule has 0 unspecified atom stereocenters. The van der Waals surface area contributed by atoms with Gasteiger partial charge in [0.05, 0.1) is 16.9 Å². The van der Waals surface area contributed by atoms with Gasteiger partial charge in [0.25, 0.3) is 0 Å². The summed E-state index contributed by atoms with van der Waals surface area (Å²) in [5, 5.41) is 16.3. The molecule has 0 amide bonds. The topological polar surface area (TPSA) is 104 Å². The van der Waals surface area contributed by atoms with Gasteiger partial charge in [0, 0.05) is 43.5 Å². The highest BCUT2D eigenvalue weighted by atomic mass is 19.1. The van der Waals surface area contributed by atoms with Crippen LogP contribution >= 0.6 is 0 Å². The van der Waals surface area contributed by atoms with Gasteiger partial charge in [0.15, 0.2) is 5.78 Å². The van der Waals surface area contributed by atoms with Crippen molar-refractivity contribution >= 4 is 28.7 Å². The van der Waals surface area contributed by atoms with Crippen molar-refractivity contribution in [2.24, 2.45) is 5.73 Å². The number of aryl methyl sites for hydroxylation is 1. The Balaban J connectivity index is 1.42. The number of Topliss-reactive ketones (excluding diaryl/α,β-unsaturated/α-hetero) is 1. The zero-order chi connectivity index (χ0) is 23.8. The highest BCUT2D eigenvalue weighted by Crippen LogP contribution is 2.35. The van der Waals surface area contributed by atoms with Crippen LogP contribution < -0.4 is 16.4 Å². The second kappa shape index (κ2) is 9.04. The standard InChI is InChI=1S/C26H28FN5O2/c1-15-9-19(27)22(12-23(15)33)30-21-6-7-29-26-25(21)24(34)11-17-10-16(4-5-20(17)31-26)13-32-8-2-3-18(28)14-32/h4-7,9-10,12,18,33H,2-3,8,11,13-14,28H2,1H3,(H2,29,30,31)/t18-/m1/s1. The van der Waals surface area contributed by atoms with Crippen LogP contribution in [0.5, 0.6) is 5.75 Å². The van der Waals surface area contributed by atoms with E-state index in [1.165, 1.54) is 12.1 Å². The van der Waals surface area contributed by atoms with E-state index in [1.54, 1.807) is 19.2 Å². The van der Waals surface area contributed by atoms with Crippen LogP contribution in [-0.2, 0) is 13.0 Å². The Hall–Kier alpha value is -3.49. The lowest BCUT2D eigenvalue weighted by Gasteiger charge is -2.30. The summed E-state index contributed by atoms with van der Waals surface area (Å²) in [7, 11) is 0. The van der Waals surface area contributed by atoms with E-state index in [4.69, 9.17) is 5.73 Å². The summed E-state index contributed by atoms with van der Waals surface area (Å²) in [4.78, 5) is 20.1. The van der Waals surface area contributed by atoms with Crippen molar-refractivity contribution < 1.29 is 14.3 Å². The molecule has 0 aliphatic carbocycles.